The fraction of sp³-hybridized carbons (Fsp3) is 0.583. The number of unbranched alkanes of at least 4 members (excludes halogenated alkanes) is 2. The fourth-order valence-electron chi connectivity index (χ4n) is 1.66. The number of halogens is 3. The van der Waals surface area contributed by atoms with Gasteiger partial charge < -0.3 is 5.32 Å². The Morgan fingerprint density at radius 3 is 2.67 bits per heavy atom. The van der Waals surface area contributed by atoms with E-state index in [4.69, 9.17) is 0 Å². The average molecular weight is 323 g/mol. The zero-order chi connectivity index (χ0) is 15.9. The predicted molar refractivity (Wildman–Crippen MR) is 76.6 cm³/mol. The molecule has 118 valence electrons. The molecule has 0 aliphatic heterocycles. The molecule has 0 radical (unpaired) electrons. The number of hydrogen-bond acceptors (Lipinski definition) is 5. The van der Waals surface area contributed by atoms with Gasteiger partial charge in [-0.15, -0.1) is 0 Å². The Bertz CT molecular complexity index is 483. The number of nitrogens with one attached hydrogen (secondary N) is 1. The Hall–Kier alpha value is -1.51. The van der Waals surface area contributed by atoms with Crippen LogP contribution >= 0.6 is 11.8 Å². The normalized spacial score (nSPS) is 11.4. The lowest BCUT2D eigenvalue weighted by Crippen LogP contribution is -2.11. The zero-order valence-electron chi connectivity index (χ0n) is 11.4. The van der Waals surface area contributed by atoms with Gasteiger partial charge in [-0.3, -0.25) is 10.1 Å². The van der Waals surface area contributed by atoms with E-state index in [2.05, 4.69) is 10.3 Å². The summed E-state index contributed by atoms with van der Waals surface area (Å²) in [6.45, 7) is 0.385. The van der Waals surface area contributed by atoms with Crippen LogP contribution in [-0.4, -0.2) is 28.5 Å². The molecule has 1 aromatic heterocycles. The molecule has 0 aliphatic rings. The number of nitro groups is 1. The number of rotatable bonds is 8. The van der Waals surface area contributed by atoms with Crippen molar-refractivity contribution < 1.29 is 18.1 Å². The maximum atomic E-state index is 12.6. The smallest absolute Gasteiger partial charge is 0.379 e. The molecule has 0 aliphatic carbocycles. The third kappa shape index (κ3) is 5.78. The second-order valence-corrected chi connectivity index (χ2v) is 5.31. The van der Waals surface area contributed by atoms with E-state index >= 15 is 0 Å². The number of anilines is 1. The Kier molecular flexibility index (Phi) is 6.73. The van der Waals surface area contributed by atoms with Crippen LogP contribution in [0.25, 0.3) is 0 Å². The van der Waals surface area contributed by atoms with Crippen molar-refractivity contribution in [2.75, 3.05) is 23.9 Å². The second kappa shape index (κ2) is 8.06. The van der Waals surface area contributed by atoms with E-state index in [9.17, 15) is 23.3 Å². The van der Waals surface area contributed by atoms with Gasteiger partial charge in [0.05, 0.1) is 4.92 Å². The molecule has 1 aromatic rings. The van der Waals surface area contributed by atoms with Gasteiger partial charge in [0.25, 0.3) is 0 Å². The number of hydrogen-bond donors (Lipinski definition) is 1. The molecule has 1 heterocycles. The Morgan fingerprint density at radius 1 is 1.38 bits per heavy atom. The van der Waals surface area contributed by atoms with Crippen molar-refractivity contribution in [1.29, 1.82) is 0 Å². The minimum absolute atomic E-state index is 0.146. The van der Waals surface area contributed by atoms with Gasteiger partial charge in [0.2, 0.25) is 0 Å². The molecule has 0 aromatic carbocycles. The zero-order valence-corrected chi connectivity index (χ0v) is 12.3. The first kappa shape index (κ1) is 17.5. The highest BCUT2D eigenvalue weighted by atomic mass is 32.2. The van der Waals surface area contributed by atoms with E-state index < -0.39 is 22.5 Å². The van der Waals surface area contributed by atoms with Gasteiger partial charge in [-0.25, -0.2) is 4.98 Å². The van der Waals surface area contributed by atoms with Crippen molar-refractivity contribution in [2.45, 2.75) is 25.4 Å². The van der Waals surface area contributed by atoms with Crippen molar-refractivity contribution >= 4 is 23.1 Å². The maximum Gasteiger partial charge on any atom is 0.433 e. The van der Waals surface area contributed by atoms with Crippen LogP contribution in [0.1, 0.15) is 25.0 Å². The highest BCUT2D eigenvalue weighted by Gasteiger charge is 2.34. The van der Waals surface area contributed by atoms with Crippen molar-refractivity contribution in [2.24, 2.45) is 0 Å². The number of nitrogens with zero attached hydrogens (tertiary/aromatic N) is 2. The van der Waals surface area contributed by atoms with Crippen molar-refractivity contribution in [1.82, 2.24) is 4.98 Å². The first-order valence-electron chi connectivity index (χ1n) is 6.30. The summed E-state index contributed by atoms with van der Waals surface area (Å²) in [5, 5.41) is 13.5. The molecule has 0 saturated heterocycles. The molecule has 21 heavy (non-hydrogen) atoms. The molecule has 0 fully saturated rings. The highest BCUT2D eigenvalue weighted by molar-refractivity contribution is 7.98. The van der Waals surface area contributed by atoms with Crippen LogP contribution in [0.15, 0.2) is 12.3 Å². The minimum atomic E-state index is -4.62. The number of thioether (sulfide) groups is 1. The molecule has 9 heteroatoms. The Morgan fingerprint density at radius 2 is 2.10 bits per heavy atom. The van der Waals surface area contributed by atoms with Gasteiger partial charge in [-0.1, -0.05) is 6.42 Å². The SMILES string of the molecule is CSCCCCCNc1cc(C(F)(F)F)ncc1[N+](=O)[O-]. The lowest BCUT2D eigenvalue weighted by molar-refractivity contribution is -0.384. The number of alkyl halides is 3. The average Bonchev–Trinajstić information content (AvgIpc) is 2.41. The molecule has 0 bridgehead atoms. The lowest BCUT2D eigenvalue weighted by Gasteiger charge is -2.10. The molecule has 0 unspecified atom stereocenters. The minimum Gasteiger partial charge on any atom is -0.379 e. The van der Waals surface area contributed by atoms with Crippen LogP contribution in [0, 0.1) is 10.1 Å². The van der Waals surface area contributed by atoms with Gasteiger partial charge in [0, 0.05) is 6.54 Å². The monoisotopic (exact) mass is 323 g/mol. The molecule has 0 spiro atoms. The van der Waals surface area contributed by atoms with E-state index in [1.54, 1.807) is 11.8 Å². The van der Waals surface area contributed by atoms with Crippen molar-refractivity contribution in [3.63, 3.8) is 0 Å². The second-order valence-electron chi connectivity index (χ2n) is 4.32. The largest absolute Gasteiger partial charge is 0.433 e. The molecular weight excluding hydrogens is 307 g/mol. The van der Waals surface area contributed by atoms with Gasteiger partial charge in [-0.05, 0) is 30.9 Å². The molecular formula is C12H16F3N3O2S. The van der Waals surface area contributed by atoms with E-state index in [1.165, 1.54) is 0 Å². The Balaban J connectivity index is 2.71. The summed E-state index contributed by atoms with van der Waals surface area (Å²) in [5.74, 6) is 1.02. The summed E-state index contributed by atoms with van der Waals surface area (Å²) >= 11 is 1.72. The summed E-state index contributed by atoms with van der Waals surface area (Å²) in [5.41, 5.74) is -1.74. The van der Waals surface area contributed by atoms with E-state index in [-0.39, 0.29) is 5.69 Å². The van der Waals surface area contributed by atoms with Crippen LogP contribution in [0.3, 0.4) is 0 Å². The molecule has 0 amide bonds. The first-order valence-corrected chi connectivity index (χ1v) is 7.70. The topological polar surface area (TPSA) is 68.1 Å². The third-order valence-corrected chi connectivity index (χ3v) is 3.41. The van der Waals surface area contributed by atoms with Gasteiger partial charge in [0.1, 0.15) is 17.6 Å². The third-order valence-electron chi connectivity index (χ3n) is 2.71. The fourth-order valence-corrected chi connectivity index (χ4v) is 2.15. The van der Waals surface area contributed by atoms with Crippen LogP contribution < -0.4 is 5.32 Å². The molecule has 1 N–H and O–H groups in total. The summed E-state index contributed by atoms with van der Waals surface area (Å²) in [6.07, 6.45) is 0.676. The van der Waals surface area contributed by atoms with Crippen molar-refractivity contribution in [3.05, 3.63) is 28.1 Å². The van der Waals surface area contributed by atoms with Crippen LogP contribution in [0.5, 0.6) is 0 Å². The van der Waals surface area contributed by atoms with Crippen LogP contribution in [-0.2, 0) is 6.18 Å². The quantitative estimate of drug-likeness (QED) is 0.445. The van der Waals surface area contributed by atoms with Gasteiger partial charge >= 0.3 is 11.9 Å². The van der Waals surface area contributed by atoms with E-state index in [1.807, 2.05) is 6.26 Å². The van der Waals surface area contributed by atoms with Crippen LogP contribution in [0.2, 0.25) is 0 Å². The number of aromatic nitrogens is 1. The summed E-state index contributed by atoms with van der Waals surface area (Å²) < 4.78 is 37.7. The van der Waals surface area contributed by atoms with Gasteiger partial charge in [0.15, 0.2) is 0 Å². The summed E-state index contributed by atoms with van der Waals surface area (Å²) in [4.78, 5) is 13.1. The summed E-state index contributed by atoms with van der Waals surface area (Å²) in [6, 6.07) is 0.681. The molecule has 0 atom stereocenters. The maximum absolute atomic E-state index is 12.6. The van der Waals surface area contributed by atoms with E-state index in [0.29, 0.717) is 18.8 Å². The predicted octanol–water partition coefficient (Wildman–Crippen LogP) is 3.95. The van der Waals surface area contributed by atoms with E-state index in [0.717, 1.165) is 25.0 Å². The number of pyridine rings is 1. The first-order chi connectivity index (χ1) is 9.86. The van der Waals surface area contributed by atoms with Crippen molar-refractivity contribution in [3.8, 4) is 0 Å². The molecule has 0 saturated carbocycles. The standard InChI is InChI=1S/C12H16F3N3O2S/c1-21-6-4-2-3-5-16-9-7-11(12(13,14)15)17-8-10(9)18(19)20/h7-8H,2-6H2,1H3,(H,16,17). The Labute approximate surface area is 124 Å². The van der Waals surface area contributed by atoms with Crippen LogP contribution in [0.4, 0.5) is 24.5 Å². The molecule has 5 nitrogen and oxygen atoms in total. The molecule has 1 rings (SSSR count). The summed E-state index contributed by atoms with van der Waals surface area (Å²) in [7, 11) is 0. The highest BCUT2D eigenvalue weighted by Crippen LogP contribution is 2.32. The lowest BCUT2D eigenvalue weighted by atomic mass is 10.2. The van der Waals surface area contributed by atoms with Gasteiger partial charge in [-0.2, -0.15) is 24.9 Å².